The molecule has 532 valence electrons. The van der Waals surface area contributed by atoms with Crippen molar-refractivity contribution >= 4 is 33.6 Å². The molecule has 0 aromatic rings. The van der Waals surface area contributed by atoms with Gasteiger partial charge in [-0.15, -0.1) is 0 Å². The molecule has 0 bridgehead atoms. The highest BCUT2D eigenvalue weighted by Gasteiger charge is 2.29. The minimum absolute atomic E-state index is 0.0724. The number of unbranched alkanes of at least 4 members (excludes halogenated alkanes) is 21. The summed E-state index contributed by atoms with van der Waals surface area (Å²) in [6.07, 6.45) is 79.5. The number of rotatable bonds is 66. The molecule has 93 heavy (non-hydrogen) atoms. The molecule has 0 amide bonds. The molecule has 5 atom stereocenters. The number of carbonyl (C=O) groups excluding carboxylic acids is 3. The van der Waals surface area contributed by atoms with Crippen LogP contribution in [0.5, 0.6) is 0 Å². The van der Waals surface area contributed by atoms with Crippen LogP contribution in [0.25, 0.3) is 0 Å². The van der Waals surface area contributed by atoms with Gasteiger partial charge >= 0.3 is 33.6 Å². The molecule has 0 rings (SSSR count). The molecule has 0 heterocycles. The van der Waals surface area contributed by atoms with Gasteiger partial charge in [-0.3, -0.25) is 32.5 Å². The lowest BCUT2D eigenvalue weighted by molar-refractivity contribution is -0.161. The summed E-state index contributed by atoms with van der Waals surface area (Å²) in [7, 11) is -9.80. The lowest BCUT2D eigenvalue weighted by Crippen LogP contribution is -2.30. The molecular formula is C75H126O16P2. The average Bonchev–Trinajstić information content (AvgIpc) is 2.66. The Hall–Kier alpha value is -4.31. The molecule has 0 aromatic heterocycles. The highest BCUT2D eigenvalue weighted by atomic mass is 31.2. The van der Waals surface area contributed by atoms with Crippen molar-refractivity contribution in [1.82, 2.24) is 0 Å². The minimum Gasteiger partial charge on any atom is -0.463 e. The Kier molecular flexibility index (Phi) is 64.5. The standard InChI is InChI=1S/C75H126O16P2/c1-4-7-10-13-16-19-22-25-27-29-30-31-32-33-34-35-36-37-38-40-42-44-46-49-52-55-58-61-73(78)85-64-70(76)65-87-92(81,82)88-66-71(77)67-89-93(83,84)90-69-72(91-75(80)63-60-57-54-51-48-43-24-21-18-15-12-9-6-3)68-86-74(79)62-59-56-53-50-47-45-41-39-28-26-23-20-17-14-11-8-5-2/h8,11-12,15-17,19-21,24-28,30-31,33-34,41,45,50,53,70-72,76-77H,4-7,9-10,13-14,18,22-23,29,32,35-40,42-44,46-49,51-52,54-69H2,1-3H3,(H,81,82)(H,83,84)/b11-8-,15-12-,19-16-,20-17-,24-21-,27-25-,28-26-,31-30-,34-33-,45-41-,53-50-. The van der Waals surface area contributed by atoms with Gasteiger partial charge in [0, 0.05) is 19.3 Å². The molecule has 18 heteroatoms. The lowest BCUT2D eigenvalue weighted by Gasteiger charge is -2.21. The first-order chi connectivity index (χ1) is 45.2. The number of aliphatic hydroxyl groups is 2. The van der Waals surface area contributed by atoms with Crippen LogP contribution < -0.4 is 0 Å². The lowest BCUT2D eigenvalue weighted by atomic mass is 10.0. The van der Waals surface area contributed by atoms with Crippen molar-refractivity contribution in [3.8, 4) is 0 Å². The molecular weight excluding hydrogens is 1220 g/mol. The maximum absolute atomic E-state index is 12.9. The molecule has 0 fully saturated rings. The molecule has 0 aliphatic rings. The van der Waals surface area contributed by atoms with E-state index in [1.165, 1.54) is 70.6 Å². The summed E-state index contributed by atoms with van der Waals surface area (Å²) < 4.78 is 60.8. The zero-order chi connectivity index (χ0) is 68.1. The number of phosphoric ester groups is 2. The van der Waals surface area contributed by atoms with Gasteiger partial charge in [-0.1, -0.05) is 251 Å². The van der Waals surface area contributed by atoms with E-state index in [2.05, 4.69) is 142 Å². The van der Waals surface area contributed by atoms with Gasteiger partial charge in [0.15, 0.2) is 6.10 Å². The van der Waals surface area contributed by atoms with E-state index in [-0.39, 0.29) is 19.3 Å². The number of allylic oxidation sites excluding steroid dienone is 22. The van der Waals surface area contributed by atoms with Crippen LogP contribution >= 0.6 is 15.6 Å². The molecule has 0 saturated carbocycles. The smallest absolute Gasteiger partial charge is 0.463 e. The summed E-state index contributed by atoms with van der Waals surface area (Å²) in [5, 5.41) is 20.6. The van der Waals surface area contributed by atoms with E-state index in [1.54, 1.807) is 0 Å². The second kappa shape index (κ2) is 67.7. The van der Waals surface area contributed by atoms with Gasteiger partial charge in [0.1, 0.15) is 25.4 Å². The number of phosphoric acid groups is 2. The van der Waals surface area contributed by atoms with Crippen LogP contribution in [-0.2, 0) is 55.8 Å². The summed E-state index contributed by atoms with van der Waals surface area (Å²) in [4.78, 5) is 58.3. The van der Waals surface area contributed by atoms with Gasteiger partial charge in [-0.25, -0.2) is 9.13 Å². The van der Waals surface area contributed by atoms with Gasteiger partial charge in [-0.05, 0) is 128 Å². The minimum atomic E-state index is -4.94. The Bertz CT molecular complexity index is 2230. The zero-order valence-electron chi connectivity index (χ0n) is 57.6. The summed E-state index contributed by atoms with van der Waals surface area (Å²) in [5.74, 6) is -1.67. The highest BCUT2D eigenvalue weighted by molar-refractivity contribution is 7.47. The zero-order valence-corrected chi connectivity index (χ0v) is 59.4. The number of hydrogen-bond donors (Lipinski definition) is 4. The molecule has 4 N–H and O–H groups in total. The van der Waals surface area contributed by atoms with E-state index in [0.29, 0.717) is 25.7 Å². The Morgan fingerprint density at radius 1 is 0.312 bits per heavy atom. The van der Waals surface area contributed by atoms with Crippen LogP contribution in [0.15, 0.2) is 134 Å². The van der Waals surface area contributed by atoms with E-state index >= 15 is 0 Å². The third kappa shape index (κ3) is 68.9. The molecule has 0 radical (unpaired) electrons. The van der Waals surface area contributed by atoms with Crippen LogP contribution in [0.3, 0.4) is 0 Å². The van der Waals surface area contributed by atoms with Crippen molar-refractivity contribution < 1.29 is 75.8 Å². The van der Waals surface area contributed by atoms with Crippen LogP contribution in [-0.4, -0.2) is 95.9 Å². The van der Waals surface area contributed by atoms with E-state index in [9.17, 15) is 43.5 Å². The van der Waals surface area contributed by atoms with Crippen molar-refractivity contribution in [2.45, 2.75) is 283 Å². The fourth-order valence-corrected chi connectivity index (χ4v) is 10.5. The molecule has 0 saturated heterocycles. The largest absolute Gasteiger partial charge is 0.472 e. The third-order valence-corrected chi connectivity index (χ3v) is 16.2. The first-order valence-electron chi connectivity index (χ1n) is 35.5. The average molecular weight is 1350 g/mol. The number of esters is 3. The topological polar surface area (TPSA) is 231 Å². The first-order valence-corrected chi connectivity index (χ1v) is 38.5. The number of carbonyl (C=O) groups is 3. The molecule has 0 aliphatic heterocycles. The van der Waals surface area contributed by atoms with Crippen molar-refractivity contribution in [2.75, 3.05) is 39.6 Å². The van der Waals surface area contributed by atoms with Gasteiger partial charge in [0.2, 0.25) is 0 Å². The van der Waals surface area contributed by atoms with Gasteiger partial charge in [0.05, 0.1) is 26.4 Å². The monoisotopic (exact) mass is 1340 g/mol. The highest BCUT2D eigenvalue weighted by Crippen LogP contribution is 2.45. The van der Waals surface area contributed by atoms with Crippen LogP contribution in [0, 0.1) is 0 Å². The quantitative estimate of drug-likeness (QED) is 0.0146. The van der Waals surface area contributed by atoms with Crippen LogP contribution in [0.4, 0.5) is 0 Å². The second-order valence-electron chi connectivity index (χ2n) is 23.3. The summed E-state index contributed by atoms with van der Waals surface area (Å²) in [6, 6.07) is 0. The number of ether oxygens (including phenoxy) is 3. The van der Waals surface area contributed by atoms with Crippen LogP contribution in [0.2, 0.25) is 0 Å². The van der Waals surface area contributed by atoms with Gasteiger partial charge < -0.3 is 34.2 Å². The molecule has 0 spiro atoms. The normalized spacial score (nSPS) is 15.0. The maximum atomic E-state index is 12.9. The van der Waals surface area contributed by atoms with Crippen molar-refractivity contribution in [3.05, 3.63) is 134 Å². The van der Waals surface area contributed by atoms with Crippen molar-refractivity contribution in [3.63, 3.8) is 0 Å². The van der Waals surface area contributed by atoms with Crippen LogP contribution in [0.1, 0.15) is 265 Å². The molecule has 0 aliphatic carbocycles. The number of aliphatic hydroxyl groups excluding tert-OH is 2. The first kappa shape index (κ1) is 88.7. The Labute approximate surface area is 563 Å². The summed E-state index contributed by atoms with van der Waals surface area (Å²) in [5.41, 5.74) is 0. The Morgan fingerprint density at radius 2 is 0.602 bits per heavy atom. The van der Waals surface area contributed by atoms with Crippen molar-refractivity contribution in [2.24, 2.45) is 0 Å². The fraction of sp³-hybridized carbons (Fsp3) is 0.667. The van der Waals surface area contributed by atoms with E-state index in [4.69, 9.17) is 32.3 Å². The van der Waals surface area contributed by atoms with Gasteiger partial charge in [0.25, 0.3) is 0 Å². The molecule has 16 nitrogen and oxygen atoms in total. The predicted molar refractivity (Wildman–Crippen MR) is 380 cm³/mol. The predicted octanol–water partition coefficient (Wildman–Crippen LogP) is 20.0. The van der Waals surface area contributed by atoms with E-state index in [1.807, 2.05) is 12.2 Å². The van der Waals surface area contributed by atoms with Gasteiger partial charge in [-0.2, -0.15) is 0 Å². The molecule has 0 aromatic carbocycles. The Morgan fingerprint density at radius 3 is 0.989 bits per heavy atom. The summed E-state index contributed by atoms with van der Waals surface area (Å²) >= 11 is 0. The number of hydrogen-bond acceptors (Lipinski definition) is 14. The van der Waals surface area contributed by atoms with Crippen molar-refractivity contribution in [1.29, 1.82) is 0 Å². The second-order valence-corrected chi connectivity index (χ2v) is 26.2. The third-order valence-electron chi connectivity index (χ3n) is 14.3. The SMILES string of the molecule is CC/C=C\C/C=C\C/C=C\C/C=C\C/C=C\CCCC(=O)OCC(COP(=O)(O)OCC(O)COP(=O)(O)OCC(O)COC(=O)CCCCCCCCCCCCC/C=C\C/C=C\C/C=C\C/C=C\CCCCC)OC(=O)CCCCCCC/C=C\C/C=C\CCC. The van der Waals surface area contributed by atoms with E-state index in [0.717, 1.165) is 128 Å². The maximum Gasteiger partial charge on any atom is 0.472 e. The Balaban J connectivity index is 4.56. The summed E-state index contributed by atoms with van der Waals surface area (Å²) in [6.45, 7) is 2.36. The molecule has 5 unspecified atom stereocenters. The fourth-order valence-electron chi connectivity index (χ4n) is 8.92. The van der Waals surface area contributed by atoms with E-state index < -0.39 is 91.5 Å².